The fraction of sp³-hybridized carbons (Fsp3) is 0.0476. The Morgan fingerprint density at radius 3 is 1.88 bits per heavy atom. The Morgan fingerprint density at radius 2 is 1.23 bits per heavy atom. The third kappa shape index (κ3) is 2.44. The second-order valence-corrected chi connectivity index (χ2v) is 6.05. The van der Waals surface area contributed by atoms with E-state index in [0.29, 0.717) is 16.2 Å². The summed E-state index contributed by atoms with van der Waals surface area (Å²) < 4.78 is 40.4. The first-order chi connectivity index (χ1) is 12.4. The van der Waals surface area contributed by atoms with Crippen LogP contribution in [0.3, 0.4) is 0 Å². The molecular weight excluding hydrogens is 341 g/mol. The van der Waals surface area contributed by atoms with Gasteiger partial charge in [-0.3, -0.25) is 0 Å². The summed E-state index contributed by atoms with van der Waals surface area (Å²) in [5, 5.41) is 23.1. The van der Waals surface area contributed by atoms with Gasteiger partial charge < -0.3 is 10.2 Å². The molecule has 5 heteroatoms. The van der Waals surface area contributed by atoms with Gasteiger partial charge in [-0.25, -0.2) is 0 Å². The standard InChI is InChI=1S/C21H13F3O2/c22-21(23,24)16-11-13-6-2-4-8-15(13)19(20(16)26)18-14-7-3-1-5-12(14)9-10-17(18)25/h1-11,25-26H. The van der Waals surface area contributed by atoms with Crippen molar-refractivity contribution >= 4 is 21.5 Å². The van der Waals surface area contributed by atoms with Crippen molar-refractivity contribution in [2.75, 3.05) is 0 Å². The van der Waals surface area contributed by atoms with E-state index < -0.39 is 17.5 Å². The van der Waals surface area contributed by atoms with Crippen LogP contribution >= 0.6 is 0 Å². The summed E-state index contributed by atoms with van der Waals surface area (Å²) in [6.07, 6.45) is -4.72. The number of hydrogen-bond acceptors (Lipinski definition) is 2. The van der Waals surface area contributed by atoms with E-state index in [0.717, 1.165) is 11.5 Å². The van der Waals surface area contributed by atoms with E-state index in [4.69, 9.17) is 0 Å². The molecule has 2 nitrogen and oxygen atoms in total. The Bertz CT molecular complexity index is 1150. The molecule has 0 aliphatic heterocycles. The number of phenolic OH excluding ortho intramolecular Hbond substituents is 2. The van der Waals surface area contributed by atoms with Crippen LogP contribution in [-0.2, 0) is 6.18 Å². The molecule has 130 valence electrons. The highest BCUT2D eigenvalue weighted by atomic mass is 19.4. The summed E-state index contributed by atoms with van der Waals surface area (Å²) in [7, 11) is 0. The Hall–Kier alpha value is -3.21. The zero-order valence-corrected chi connectivity index (χ0v) is 13.4. The van der Waals surface area contributed by atoms with Gasteiger partial charge in [0.05, 0.1) is 5.56 Å². The predicted molar refractivity (Wildman–Crippen MR) is 95.2 cm³/mol. The summed E-state index contributed by atoms with van der Waals surface area (Å²) in [4.78, 5) is 0. The molecule has 0 spiro atoms. The maximum absolute atomic E-state index is 13.5. The van der Waals surface area contributed by atoms with Gasteiger partial charge in [0.25, 0.3) is 0 Å². The second kappa shape index (κ2) is 5.66. The third-order valence-electron chi connectivity index (χ3n) is 4.48. The molecule has 0 saturated carbocycles. The maximum Gasteiger partial charge on any atom is 0.419 e. The molecule has 0 atom stereocenters. The number of rotatable bonds is 1. The van der Waals surface area contributed by atoms with Crippen LogP contribution in [0.2, 0.25) is 0 Å². The lowest BCUT2D eigenvalue weighted by atomic mass is 9.90. The monoisotopic (exact) mass is 354 g/mol. The Balaban J connectivity index is 2.23. The number of halogens is 3. The second-order valence-electron chi connectivity index (χ2n) is 6.05. The topological polar surface area (TPSA) is 40.5 Å². The van der Waals surface area contributed by atoms with Gasteiger partial charge in [-0.2, -0.15) is 13.2 Å². The number of fused-ring (bicyclic) bond motifs is 2. The molecule has 4 rings (SSSR count). The van der Waals surface area contributed by atoms with Crippen LogP contribution in [0.1, 0.15) is 5.56 Å². The molecule has 0 unspecified atom stereocenters. The highest BCUT2D eigenvalue weighted by molar-refractivity contribution is 6.10. The van der Waals surface area contributed by atoms with Gasteiger partial charge >= 0.3 is 6.18 Å². The van der Waals surface area contributed by atoms with E-state index >= 15 is 0 Å². The van der Waals surface area contributed by atoms with Crippen molar-refractivity contribution in [1.29, 1.82) is 0 Å². The zero-order chi connectivity index (χ0) is 18.5. The number of alkyl halides is 3. The molecule has 0 amide bonds. The van der Waals surface area contributed by atoms with Gasteiger partial charge in [0.1, 0.15) is 11.5 Å². The van der Waals surface area contributed by atoms with Crippen molar-refractivity contribution in [3.8, 4) is 22.6 Å². The minimum Gasteiger partial charge on any atom is -0.507 e. The van der Waals surface area contributed by atoms with E-state index in [1.807, 2.05) is 0 Å². The molecule has 4 aromatic carbocycles. The molecule has 0 aliphatic carbocycles. The van der Waals surface area contributed by atoms with Gasteiger partial charge in [-0.15, -0.1) is 0 Å². The minimum absolute atomic E-state index is 0.0234. The number of aromatic hydroxyl groups is 2. The lowest BCUT2D eigenvalue weighted by Gasteiger charge is -2.18. The van der Waals surface area contributed by atoms with Gasteiger partial charge in [0.15, 0.2) is 0 Å². The highest BCUT2D eigenvalue weighted by Gasteiger charge is 2.36. The van der Waals surface area contributed by atoms with Crippen LogP contribution in [0, 0.1) is 0 Å². The van der Waals surface area contributed by atoms with Gasteiger partial charge in [-0.05, 0) is 33.7 Å². The SMILES string of the molecule is Oc1ccc2ccccc2c1-c1c(O)c(C(F)(F)F)cc2ccccc12. The van der Waals surface area contributed by atoms with E-state index in [-0.39, 0.29) is 16.9 Å². The van der Waals surface area contributed by atoms with E-state index in [2.05, 4.69) is 0 Å². The van der Waals surface area contributed by atoms with E-state index in [9.17, 15) is 23.4 Å². The minimum atomic E-state index is -4.72. The first kappa shape index (κ1) is 16.3. The maximum atomic E-state index is 13.5. The van der Waals surface area contributed by atoms with Crippen molar-refractivity contribution in [3.63, 3.8) is 0 Å². The average Bonchev–Trinajstić information content (AvgIpc) is 2.61. The molecule has 0 aliphatic rings. The van der Waals surface area contributed by atoms with Crippen molar-refractivity contribution < 1.29 is 23.4 Å². The first-order valence-corrected chi connectivity index (χ1v) is 7.91. The normalized spacial score (nSPS) is 12.0. The molecular formula is C21H13F3O2. The Kier molecular flexibility index (Phi) is 3.54. The lowest BCUT2D eigenvalue weighted by molar-refractivity contribution is -0.138. The first-order valence-electron chi connectivity index (χ1n) is 7.91. The van der Waals surface area contributed by atoms with Crippen LogP contribution in [0.5, 0.6) is 11.5 Å². The summed E-state index contributed by atoms with van der Waals surface area (Å²) in [6.45, 7) is 0. The molecule has 4 aromatic rings. The van der Waals surface area contributed by atoms with Crippen molar-refractivity contribution in [2.45, 2.75) is 6.18 Å². The third-order valence-corrected chi connectivity index (χ3v) is 4.48. The quantitative estimate of drug-likeness (QED) is 0.434. The predicted octanol–water partition coefficient (Wildman–Crippen LogP) is 6.09. The molecule has 26 heavy (non-hydrogen) atoms. The van der Waals surface area contributed by atoms with Gasteiger partial charge in [0.2, 0.25) is 0 Å². The van der Waals surface area contributed by atoms with Crippen molar-refractivity contribution in [1.82, 2.24) is 0 Å². The largest absolute Gasteiger partial charge is 0.507 e. The lowest BCUT2D eigenvalue weighted by Crippen LogP contribution is -2.06. The molecule has 0 aromatic heterocycles. The van der Waals surface area contributed by atoms with E-state index in [1.165, 1.54) is 6.07 Å². The molecule has 0 saturated heterocycles. The summed E-state index contributed by atoms with van der Waals surface area (Å²) >= 11 is 0. The van der Waals surface area contributed by atoms with Crippen molar-refractivity contribution in [3.05, 3.63) is 72.3 Å². The van der Waals surface area contributed by atoms with Crippen LogP contribution in [0.15, 0.2) is 66.7 Å². The smallest absolute Gasteiger partial charge is 0.419 e. The summed E-state index contributed by atoms with van der Waals surface area (Å²) in [6, 6.07) is 17.6. The Labute approximate surface area is 146 Å². The van der Waals surface area contributed by atoms with Gasteiger partial charge in [0, 0.05) is 11.1 Å². The van der Waals surface area contributed by atoms with Crippen LogP contribution in [-0.4, -0.2) is 10.2 Å². The highest BCUT2D eigenvalue weighted by Crippen LogP contribution is 2.49. The zero-order valence-electron chi connectivity index (χ0n) is 13.4. The molecule has 2 N–H and O–H groups in total. The van der Waals surface area contributed by atoms with Gasteiger partial charge in [-0.1, -0.05) is 54.6 Å². The number of hydrogen-bond donors (Lipinski definition) is 2. The van der Waals surface area contributed by atoms with E-state index in [1.54, 1.807) is 54.6 Å². The molecule has 0 heterocycles. The summed E-state index contributed by atoms with van der Waals surface area (Å²) in [5.41, 5.74) is -0.967. The Morgan fingerprint density at radius 1 is 0.654 bits per heavy atom. The average molecular weight is 354 g/mol. The van der Waals surface area contributed by atoms with Crippen LogP contribution in [0.4, 0.5) is 13.2 Å². The van der Waals surface area contributed by atoms with Crippen LogP contribution in [0.25, 0.3) is 32.7 Å². The fourth-order valence-electron chi connectivity index (χ4n) is 3.33. The molecule has 0 radical (unpaired) electrons. The number of phenols is 2. The summed E-state index contributed by atoms with van der Waals surface area (Å²) in [5.74, 6) is -1.08. The number of benzene rings is 4. The molecule has 0 fully saturated rings. The fourth-order valence-corrected chi connectivity index (χ4v) is 3.33. The van der Waals surface area contributed by atoms with Crippen LogP contribution < -0.4 is 0 Å². The molecule has 0 bridgehead atoms. The van der Waals surface area contributed by atoms with Crippen molar-refractivity contribution in [2.24, 2.45) is 0 Å².